The molecule has 4 fully saturated rings. The molecule has 0 saturated heterocycles. The lowest BCUT2D eigenvalue weighted by Crippen LogP contribution is -2.57. The Morgan fingerprint density at radius 2 is 1.56 bits per heavy atom. The van der Waals surface area contributed by atoms with Crippen molar-refractivity contribution in [1.29, 1.82) is 0 Å². The van der Waals surface area contributed by atoms with Crippen molar-refractivity contribution in [3.8, 4) is 0 Å². The van der Waals surface area contributed by atoms with Crippen molar-refractivity contribution < 1.29 is 27.6 Å². The molecule has 5 rings (SSSR count). The van der Waals surface area contributed by atoms with Crippen LogP contribution in [-0.2, 0) is 19.1 Å². The van der Waals surface area contributed by atoms with Crippen LogP contribution >= 0.6 is 0 Å². The van der Waals surface area contributed by atoms with Crippen LogP contribution in [0, 0.1) is 65.1 Å². The summed E-state index contributed by atoms with van der Waals surface area (Å²) in [7, 11) is -3.88. The second-order valence-corrected chi connectivity index (χ2v) is 17.3. The van der Waals surface area contributed by atoms with Gasteiger partial charge in [0, 0.05) is 12.3 Å². The quantitative estimate of drug-likeness (QED) is 0.291. The molecule has 0 aliphatic heterocycles. The lowest BCUT2D eigenvalue weighted by molar-refractivity contribution is -0.160. The van der Waals surface area contributed by atoms with Crippen LogP contribution < -0.4 is 0 Å². The Hall–Kier alpha value is -1.28. The van der Waals surface area contributed by atoms with E-state index < -0.39 is 28.4 Å². The van der Waals surface area contributed by atoms with Gasteiger partial charge in [-0.15, -0.1) is 0 Å². The molecule has 0 radical (unpaired) electrons. The fourth-order valence-corrected chi connectivity index (χ4v) is 12.0. The molecule has 1 aromatic rings. The molecule has 6 nitrogen and oxygen atoms in total. The maximum atomic E-state index is 13.9. The standard InChI is InChI=1S/C36H56O6S/c1-8-26(21(2)3)34(39)33(38)23(5)28-13-14-29-27-20-32(37)31-19-24(42-43(40,41)25-11-9-22(4)10-12-25)15-17-36(31,7)30(27)16-18-35(28,29)6/h9-12,21,23-24,26-31,33-34,38-39H,8,13-20H2,1-7H3/t23-,24-,26-,27-,28+,29-,30-,31+,33-,34-,35+,36+/m0/s1. The average Bonchev–Trinajstić information content (AvgIpc) is 3.30. The number of aliphatic hydroxyl groups is 2. The first-order valence-corrected chi connectivity index (χ1v) is 18.4. The number of Topliss-reactive ketones (excluding diaryl/α,β-unsaturated/α-hetero) is 1. The summed E-state index contributed by atoms with van der Waals surface area (Å²) in [5, 5.41) is 22.6. The summed E-state index contributed by atoms with van der Waals surface area (Å²) >= 11 is 0. The van der Waals surface area contributed by atoms with Crippen LogP contribution in [0.3, 0.4) is 0 Å². The predicted octanol–water partition coefficient (Wildman–Crippen LogP) is 6.95. The Kier molecular flexibility index (Phi) is 9.35. The smallest absolute Gasteiger partial charge is 0.297 e. The van der Waals surface area contributed by atoms with Gasteiger partial charge < -0.3 is 10.2 Å². The zero-order valence-electron chi connectivity index (χ0n) is 27.5. The summed E-state index contributed by atoms with van der Waals surface area (Å²) in [6.07, 6.45) is 5.67. The second-order valence-electron chi connectivity index (χ2n) is 15.8. The van der Waals surface area contributed by atoms with Crippen molar-refractivity contribution in [2.75, 3.05) is 0 Å². The Morgan fingerprint density at radius 1 is 0.930 bits per heavy atom. The maximum absolute atomic E-state index is 13.9. The van der Waals surface area contributed by atoms with E-state index in [9.17, 15) is 23.4 Å². The molecule has 43 heavy (non-hydrogen) atoms. The molecule has 7 heteroatoms. The average molecular weight is 617 g/mol. The SMILES string of the molecule is CC[C@@H](C(C)C)[C@H](O)[C@@H](O)[C@@H](C)[C@H]1CC[C@H]2[C@@H]3CC(=O)[C@H]4C[C@@H](OS(=O)(=O)c5ccc(C)cc5)CC[C@]4(C)[C@H]3CC[C@]12C. The summed E-state index contributed by atoms with van der Waals surface area (Å²) in [4.78, 5) is 14.1. The van der Waals surface area contributed by atoms with Gasteiger partial charge in [0.05, 0.1) is 23.2 Å². The van der Waals surface area contributed by atoms with Crippen LogP contribution in [0.5, 0.6) is 0 Å². The monoisotopic (exact) mass is 616 g/mol. The van der Waals surface area contributed by atoms with Gasteiger partial charge in [0.25, 0.3) is 10.1 Å². The topological polar surface area (TPSA) is 101 Å². The highest BCUT2D eigenvalue weighted by Crippen LogP contribution is 2.68. The first-order valence-electron chi connectivity index (χ1n) is 17.0. The molecule has 0 bridgehead atoms. The number of carbonyl (C=O) groups excluding carboxylic acids is 1. The van der Waals surface area contributed by atoms with Gasteiger partial charge in [-0.1, -0.05) is 65.7 Å². The summed E-state index contributed by atoms with van der Waals surface area (Å²) < 4.78 is 31.9. The van der Waals surface area contributed by atoms with Gasteiger partial charge in [0.1, 0.15) is 5.78 Å². The van der Waals surface area contributed by atoms with Gasteiger partial charge in [-0.2, -0.15) is 8.42 Å². The number of benzene rings is 1. The van der Waals surface area contributed by atoms with Crippen molar-refractivity contribution in [3.05, 3.63) is 29.8 Å². The molecular formula is C36H56O6S. The second kappa shape index (κ2) is 12.1. The predicted molar refractivity (Wildman–Crippen MR) is 169 cm³/mol. The van der Waals surface area contributed by atoms with Gasteiger partial charge in [-0.3, -0.25) is 8.98 Å². The van der Waals surface area contributed by atoms with Crippen LogP contribution in [-0.4, -0.2) is 42.7 Å². The van der Waals surface area contributed by atoms with Crippen molar-refractivity contribution in [1.82, 2.24) is 0 Å². The Bertz CT molecular complexity index is 1260. The fraction of sp³-hybridized carbons (Fsp3) is 0.806. The highest BCUT2D eigenvalue weighted by molar-refractivity contribution is 7.86. The van der Waals surface area contributed by atoms with Crippen molar-refractivity contribution in [2.24, 2.45) is 58.2 Å². The third-order valence-electron chi connectivity index (χ3n) is 13.3. The minimum atomic E-state index is -3.88. The Morgan fingerprint density at radius 3 is 2.19 bits per heavy atom. The van der Waals surface area contributed by atoms with E-state index in [1.54, 1.807) is 24.3 Å². The van der Waals surface area contributed by atoms with Gasteiger partial charge >= 0.3 is 0 Å². The maximum Gasteiger partial charge on any atom is 0.297 e. The normalized spacial score (nSPS) is 39.0. The zero-order valence-corrected chi connectivity index (χ0v) is 28.3. The first-order chi connectivity index (χ1) is 20.1. The lowest BCUT2D eigenvalue weighted by Gasteiger charge is -2.60. The Labute approximate surface area is 260 Å². The van der Waals surface area contributed by atoms with Gasteiger partial charge in [-0.25, -0.2) is 0 Å². The number of rotatable bonds is 9. The van der Waals surface area contributed by atoms with E-state index in [2.05, 4.69) is 41.5 Å². The summed E-state index contributed by atoms with van der Waals surface area (Å²) in [5.74, 6) is 2.05. The summed E-state index contributed by atoms with van der Waals surface area (Å²) in [5.41, 5.74) is 0.901. The molecule has 0 amide bonds. The van der Waals surface area contributed by atoms with Crippen LogP contribution in [0.2, 0.25) is 0 Å². The number of hydrogen-bond acceptors (Lipinski definition) is 6. The molecule has 0 aromatic heterocycles. The highest BCUT2D eigenvalue weighted by atomic mass is 32.2. The first kappa shape index (κ1) is 33.1. The number of aryl methyl sites for hydroxylation is 1. The molecule has 242 valence electrons. The molecule has 0 heterocycles. The molecule has 4 saturated carbocycles. The lowest BCUT2D eigenvalue weighted by atomic mass is 9.44. The summed E-state index contributed by atoms with van der Waals surface area (Å²) in [6.45, 7) is 15.1. The van der Waals surface area contributed by atoms with Crippen LogP contribution in [0.1, 0.15) is 105 Å². The molecule has 12 atom stereocenters. The van der Waals surface area contributed by atoms with E-state index >= 15 is 0 Å². The fourth-order valence-electron chi connectivity index (χ4n) is 10.8. The number of hydrogen-bond donors (Lipinski definition) is 2. The van der Waals surface area contributed by atoms with Crippen LogP contribution in [0.15, 0.2) is 29.2 Å². The number of fused-ring (bicyclic) bond motifs is 5. The van der Waals surface area contributed by atoms with E-state index in [0.29, 0.717) is 48.9 Å². The third kappa shape index (κ3) is 5.79. The molecule has 4 aliphatic rings. The molecule has 1 aromatic carbocycles. The van der Waals surface area contributed by atoms with E-state index in [0.717, 1.165) is 44.1 Å². The minimum absolute atomic E-state index is 0.0000401. The third-order valence-corrected chi connectivity index (χ3v) is 14.7. The van der Waals surface area contributed by atoms with Gasteiger partial charge in [-0.05, 0) is 116 Å². The van der Waals surface area contributed by atoms with E-state index in [1.807, 2.05) is 6.92 Å². The van der Waals surface area contributed by atoms with Crippen molar-refractivity contribution >= 4 is 15.9 Å². The van der Waals surface area contributed by atoms with Crippen LogP contribution in [0.25, 0.3) is 0 Å². The molecule has 0 spiro atoms. The number of aliphatic hydroxyl groups excluding tert-OH is 2. The van der Waals surface area contributed by atoms with E-state index in [4.69, 9.17) is 4.18 Å². The van der Waals surface area contributed by atoms with Gasteiger partial charge in [0.15, 0.2) is 0 Å². The minimum Gasteiger partial charge on any atom is -0.390 e. The van der Waals surface area contributed by atoms with Gasteiger partial charge in [0.2, 0.25) is 0 Å². The Balaban J connectivity index is 1.29. The number of ketones is 1. The number of carbonyl (C=O) groups is 1. The van der Waals surface area contributed by atoms with Crippen LogP contribution in [0.4, 0.5) is 0 Å². The van der Waals surface area contributed by atoms with E-state index in [1.165, 1.54) is 0 Å². The zero-order chi connectivity index (χ0) is 31.5. The van der Waals surface area contributed by atoms with Crippen molar-refractivity contribution in [3.63, 3.8) is 0 Å². The van der Waals surface area contributed by atoms with E-state index in [-0.39, 0.29) is 39.3 Å². The largest absolute Gasteiger partial charge is 0.390 e. The molecule has 0 unspecified atom stereocenters. The highest BCUT2D eigenvalue weighted by Gasteiger charge is 2.63. The summed E-state index contributed by atoms with van der Waals surface area (Å²) in [6, 6.07) is 6.74. The molecule has 2 N–H and O–H groups in total. The van der Waals surface area contributed by atoms with Crippen molar-refractivity contribution in [2.45, 2.75) is 129 Å². The molecular weight excluding hydrogens is 560 g/mol. The molecule has 4 aliphatic carbocycles.